The topological polar surface area (TPSA) is 281 Å². The number of hydrogen-bond acceptors (Lipinski definition) is 15. The molecule has 5 rings (SSSR count). The van der Waals surface area contributed by atoms with Crippen molar-refractivity contribution in [1.29, 1.82) is 0 Å². The number of non-ortho nitro benzene ring substituents is 1. The van der Waals surface area contributed by atoms with Gasteiger partial charge in [-0.2, -0.15) is 25.3 Å². The van der Waals surface area contributed by atoms with Crippen molar-refractivity contribution >= 4 is 59.3 Å². The molecule has 3 aliphatic heterocycles. The number of allylic oxidation sites excluding steroid dienone is 6. The van der Waals surface area contributed by atoms with Gasteiger partial charge in [-0.25, -0.2) is 9.86 Å². The average Bonchev–Trinajstić information content (AvgIpc) is 3.56. The van der Waals surface area contributed by atoms with Crippen LogP contribution in [0.1, 0.15) is 46.1 Å². The summed E-state index contributed by atoms with van der Waals surface area (Å²) in [5.41, 5.74) is 1.44. The summed E-state index contributed by atoms with van der Waals surface area (Å²) >= 11 is 0. The number of nitrogens with zero attached hydrogens (tertiary/aromatic N) is 5. The summed E-state index contributed by atoms with van der Waals surface area (Å²) in [6.07, 6.45) is 11.2. The van der Waals surface area contributed by atoms with Gasteiger partial charge >= 0.3 is 5.97 Å². The van der Waals surface area contributed by atoms with E-state index in [-0.39, 0.29) is 47.8 Å². The fourth-order valence-electron chi connectivity index (χ4n) is 7.29. The number of esters is 1. The van der Waals surface area contributed by atoms with Gasteiger partial charge in [-0.15, -0.1) is 0 Å². The highest BCUT2D eigenvalue weighted by Crippen LogP contribution is 2.48. The van der Waals surface area contributed by atoms with E-state index in [1.807, 2.05) is 32.6 Å². The van der Waals surface area contributed by atoms with E-state index in [1.165, 1.54) is 43.6 Å². The molecule has 0 saturated heterocycles. The molecule has 20 nitrogen and oxygen atoms in total. The van der Waals surface area contributed by atoms with Crippen LogP contribution in [0.15, 0.2) is 112 Å². The standard InChI is InChI=1S/C40H47N5O15S3/c1-39(2)32-23-27(38(47)42(5)59-26-36(46)60-29-15-13-28(14-16-29)45(48)49)25-43(19-9-21-61(50,51)52)37(32)41-34(39)11-7-6-8-12-35-40(3,4)31-24-30(63(56,57)58)17-18-33(31)44(35)20-10-22-62(53,54)55/h6-8,11-18,23-25,37H,9-10,19-22,26H2,1-5H3,(H,50,51,52)(H,53,54,55)(H,56,57,58)/b8-6+,11-7+,35-12+. The summed E-state index contributed by atoms with van der Waals surface area (Å²) in [5, 5.41) is 11.7. The van der Waals surface area contributed by atoms with Crippen LogP contribution >= 0.6 is 0 Å². The third-order valence-electron chi connectivity index (χ3n) is 10.5. The first-order valence-corrected chi connectivity index (χ1v) is 23.8. The van der Waals surface area contributed by atoms with E-state index < -0.39 is 82.3 Å². The molecule has 63 heavy (non-hydrogen) atoms. The first-order chi connectivity index (χ1) is 29.2. The molecule has 1 atom stereocenters. The summed E-state index contributed by atoms with van der Waals surface area (Å²) in [7, 11) is -11.8. The Morgan fingerprint density at radius 1 is 0.905 bits per heavy atom. The fourth-order valence-corrected chi connectivity index (χ4v) is 8.78. The van der Waals surface area contributed by atoms with Gasteiger partial charge in [0.25, 0.3) is 41.9 Å². The number of aliphatic imine (C=N–C) groups is 1. The van der Waals surface area contributed by atoms with Crippen molar-refractivity contribution in [3.05, 3.63) is 118 Å². The average molecular weight is 934 g/mol. The Kier molecular flexibility index (Phi) is 14.4. The molecule has 340 valence electrons. The zero-order valence-electron chi connectivity index (χ0n) is 34.8. The number of carbonyl (C=O) groups is 2. The zero-order chi connectivity index (χ0) is 46.7. The molecule has 23 heteroatoms. The minimum absolute atomic E-state index is 0.00982. The summed E-state index contributed by atoms with van der Waals surface area (Å²) in [4.78, 5) is 49.9. The Hall–Kier alpha value is -5.56. The fraction of sp³-hybridized carbons (Fsp3) is 0.375. The highest BCUT2D eigenvalue weighted by molar-refractivity contribution is 7.86. The molecule has 0 saturated carbocycles. The Morgan fingerprint density at radius 3 is 2.14 bits per heavy atom. The number of hydroxylamine groups is 2. The monoisotopic (exact) mass is 933 g/mol. The molecule has 2 aromatic carbocycles. The third kappa shape index (κ3) is 11.9. The first-order valence-electron chi connectivity index (χ1n) is 19.2. The van der Waals surface area contributed by atoms with E-state index in [0.29, 0.717) is 28.2 Å². The van der Waals surface area contributed by atoms with E-state index in [4.69, 9.17) is 14.6 Å². The summed E-state index contributed by atoms with van der Waals surface area (Å²) in [5.74, 6) is -2.58. The third-order valence-corrected chi connectivity index (χ3v) is 13.0. The van der Waals surface area contributed by atoms with Crippen LogP contribution in [0.3, 0.4) is 0 Å². The lowest BCUT2D eigenvalue weighted by Crippen LogP contribution is -2.39. The maximum atomic E-state index is 13.7. The Labute approximate surface area is 364 Å². The van der Waals surface area contributed by atoms with E-state index in [0.717, 1.165) is 17.2 Å². The van der Waals surface area contributed by atoms with Crippen molar-refractivity contribution in [2.24, 2.45) is 10.4 Å². The molecule has 1 unspecified atom stereocenters. The van der Waals surface area contributed by atoms with E-state index >= 15 is 0 Å². The molecular weight excluding hydrogens is 887 g/mol. The van der Waals surface area contributed by atoms with E-state index in [2.05, 4.69) is 0 Å². The van der Waals surface area contributed by atoms with Crippen LogP contribution in [0.5, 0.6) is 5.75 Å². The van der Waals surface area contributed by atoms with Gasteiger partial charge in [0.1, 0.15) is 11.9 Å². The number of amides is 1. The molecule has 0 aliphatic carbocycles. The van der Waals surface area contributed by atoms with Crippen LogP contribution in [-0.2, 0) is 50.2 Å². The SMILES string of the molecule is CN(OCC(=O)Oc1ccc([N+](=O)[O-])cc1)C(=O)C1=CN(CCCS(=O)(=O)O)C2N=C(/C=C/C=C/C=C3/N(CCCS(=O)(=O)O)c4ccc(S(=O)(=O)O)cc4C3(C)C)C(C)(C)C2=C1. The van der Waals surface area contributed by atoms with Crippen LogP contribution in [0.2, 0.25) is 0 Å². The lowest BCUT2D eigenvalue weighted by Gasteiger charge is -2.34. The van der Waals surface area contributed by atoms with Gasteiger partial charge in [0.05, 0.1) is 26.9 Å². The zero-order valence-corrected chi connectivity index (χ0v) is 37.3. The molecule has 2 aromatic rings. The Morgan fingerprint density at radius 2 is 1.54 bits per heavy atom. The van der Waals surface area contributed by atoms with Crippen molar-refractivity contribution in [3.8, 4) is 5.75 Å². The number of fused-ring (bicyclic) bond motifs is 2. The maximum Gasteiger partial charge on any atom is 0.340 e. The number of hydrogen-bond donors (Lipinski definition) is 3. The van der Waals surface area contributed by atoms with Crippen molar-refractivity contribution in [2.75, 3.05) is 43.1 Å². The number of nitro groups is 1. The summed E-state index contributed by atoms with van der Waals surface area (Å²) < 4.78 is 104. The molecule has 0 spiro atoms. The van der Waals surface area contributed by atoms with Crippen molar-refractivity contribution < 1.29 is 63.0 Å². The predicted octanol–water partition coefficient (Wildman–Crippen LogP) is 4.42. The molecule has 0 bridgehead atoms. The van der Waals surface area contributed by atoms with Crippen molar-refractivity contribution in [2.45, 2.75) is 57.0 Å². The van der Waals surface area contributed by atoms with E-state index in [1.54, 1.807) is 41.4 Å². The second kappa shape index (κ2) is 18.7. The number of carbonyl (C=O) groups excluding carboxylic acids is 2. The Bertz CT molecular complexity index is 2690. The number of anilines is 1. The summed E-state index contributed by atoms with van der Waals surface area (Å²) in [6.45, 7) is 7.00. The molecular formula is C40H47N5O15S3. The lowest BCUT2D eigenvalue weighted by atomic mass is 9.78. The molecule has 0 radical (unpaired) electrons. The molecule has 3 heterocycles. The van der Waals surface area contributed by atoms with Gasteiger partial charge in [0.15, 0.2) is 6.61 Å². The maximum absolute atomic E-state index is 13.7. The Balaban J connectivity index is 1.35. The van der Waals surface area contributed by atoms with Gasteiger partial charge in [-0.3, -0.25) is 38.4 Å². The molecule has 0 fully saturated rings. The lowest BCUT2D eigenvalue weighted by molar-refractivity contribution is -0.384. The smallest absolute Gasteiger partial charge is 0.340 e. The largest absolute Gasteiger partial charge is 0.425 e. The highest BCUT2D eigenvalue weighted by Gasteiger charge is 2.44. The molecule has 3 aliphatic rings. The number of nitro benzene ring substituents is 1. The predicted molar refractivity (Wildman–Crippen MR) is 230 cm³/mol. The molecule has 3 N–H and O–H groups in total. The highest BCUT2D eigenvalue weighted by atomic mass is 32.2. The van der Waals surface area contributed by atoms with Gasteiger partial charge in [-0.05, 0) is 72.5 Å². The number of ether oxygens (including phenoxy) is 1. The second-order valence-corrected chi connectivity index (χ2v) is 20.3. The normalized spacial score (nSPS) is 18.9. The second-order valence-electron chi connectivity index (χ2n) is 15.7. The van der Waals surface area contributed by atoms with Crippen LogP contribution in [-0.4, -0.2) is 116 Å². The van der Waals surface area contributed by atoms with Crippen LogP contribution in [0.25, 0.3) is 0 Å². The van der Waals surface area contributed by atoms with Gasteiger partial charge in [-0.1, -0.05) is 45.9 Å². The van der Waals surface area contributed by atoms with E-state index in [9.17, 15) is 58.6 Å². The minimum atomic E-state index is -4.52. The quantitative estimate of drug-likeness (QED) is 0.0466. The van der Waals surface area contributed by atoms with Gasteiger partial charge in [0.2, 0.25) is 0 Å². The van der Waals surface area contributed by atoms with Crippen LogP contribution < -0.4 is 9.64 Å². The first kappa shape index (κ1) is 48.5. The number of rotatable bonds is 18. The molecule has 1 amide bonds. The van der Waals surface area contributed by atoms with Gasteiger partial charge < -0.3 is 14.5 Å². The number of likely N-dealkylation sites (N-methyl/N-ethyl adjacent to an activating group) is 1. The van der Waals surface area contributed by atoms with Crippen LogP contribution in [0, 0.1) is 15.5 Å². The molecule has 0 aromatic heterocycles. The minimum Gasteiger partial charge on any atom is -0.425 e. The van der Waals surface area contributed by atoms with Crippen molar-refractivity contribution in [3.63, 3.8) is 0 Å². The number of benzene rings is 2. The van der Waals surface area contributed by atoms with Crippen molar-refractivity contribution in [1.82, 2.24) is 9.96 Å². The van der Waals surface area contributed by atoms with Crippen LogP contribution in [0.4, 0.5) is 11.4 Å². The van der Waals surface area contributed by atoms with Gasteiger partial charge in [0, 0.05) is 66.4 Å². The summed E-state index contributed by atoms with van der Waals surface area (Å²) in [6, 6.07) is 8.93.